The van der Waals surface area contributed by atoms with Crippen LogP contribution in [0.4, 0.5) is 10.1 Å². The van der Waals surface area contributed by atoms with Gasteiger partial charge in [-0.2, -0.15) is 0 Å². The van der Waals surface area contributed by atoms with Crippen LogP contribution >= 0.6 is 0 Å². The maximum absolute atomic E-state index is 13.9. The average molecular weight is 370 g/mol. The van der Waals surface area contributed by atoms with E-state index in [-0.39, 0.29) is 30.5 Å². The maximum atomic E-state index is 13.9. The molecule has 0 spiro atoms. The van der Waals surface area contributed by atoms with Gasteiger partial charge in [0, 0.05) is 19.5 Å². The number of carbonyl (C=O) groups excluding carboxylic acids is 2. The zero-order valence-electron chi connectivity index (χ0n) is 14.6. The predicted octanol–water partition coefficient (Wildman–Crippen LogP) is 2.27. The van der Waals surface area contributed by atoms with Crippen molar-refractivity contribution < 1.29 is 23.5 Å². The van der Waals surface area contributed by atoms with Crippen LogP contribution in [-0.4, -0.2) is 31.6 Å². The molecule has 4 rings (SSSR count). The van der Waals surface area contributed by atoms with Crippen LogP contribution in [0.5, 0.6) is 11.5 Å². The minimum atomic E-state index is -0.505. The zero-order valence-corrected chi connectivity index (χ0v) is 14.6. The summed E-state index contributed by atoms with van der Waals surface area (Å²) in [7, 11) is 0. The molecular formula is C20H19FN2O4. The highest BCUT2D eigenvalue weighted by atomic mass is 19.1. The van der Waals surface area contributed by atoms with Crippen LogP contribution < -0.4 is 19.7 Å². The zero-order chi connectivity index (χ0) is 18.8. The third-order valence-electron chi connectivity index (χ3n) is 4.71. The third kappa shape index (κ3) is 3.58. The summed E-state index contributed by atoms with van der Waals surface area (Å²) in [6, 6.07) is 11.6. The molecule has 27 heavy (non-hydrogen) atoms. The van der Waals surface area contributed by atoms with Gasteiger partial charge in [0.15, 0.2) is 11.5 Å². The predicted molar refractivity (Wildman–Crippen MR) is 96.1 cm³/mol. The molecular weight excluding hydrogens is 351 g/mol. The molecule has 1 unspecified atom stereocenters. The summed E-state index contributed by atoms with van der Waals surface area (Å²) in [5.41, 5.74) is 1.09. The number of halogens is 1. The summed E-state index contributed by atoms with van der Waals surface area (Å²) in [6.45, 7) is 1.52. The van der Waals surface area contributed by atoms with Gasteiger partial charge in [0.2, 0.25) is 11.8 Å². The molecule has 2 amide bonds. The first-order valence-corrected chi connectivity index (χ1v) is 8.83. The van der Waals surface area contributed by atoms with Crippen molar-refractivity contribution in [2.75, 3.05) is 24.7 Å². The van der Waals surface area contributed by atoms with E-state index < -0.39 is 11.7 Å². The molecule has 2 aromatic rings. The van der Waals surface area contributed by atoms with Crippen molar-refractivity contribution in [2.45, 2.75) is 13.0 Å². The van der Waals surface area contributed by atoms with Gasteiger partial charge >= 0.3 is 0 Å². The number of amides is 2. The van der Waals surface area contributed by atoms with Crippen molar-refractivity contribution in [1.82, 2.24) is 5.32 Å². The van der Waals surface area contributed by atoms with Gasteiger partial charge < -0.3 is 19.7 Å². The van der Waals surface area contributed by atoms with E-state index >= 15 is 0 Å². The number of fused-ring (bicyclic) bond motifs is 1. The standard InChI is InChI=1S/C20H19FN2O4/c21-15-3-1-2-4-16(15)23-12-14(10-19(23)24)20(25)22-11-13-5-6-17-18(9-13)27-8-7-26-17/h1-6,9,14H,7-8,10-12H2,(H,22,25). The van der Waals surface area contributed by atoms with Crippen molar-refractivity contribution in [2.24, 2.45) is 5.92 Å². The van der Waals surface area contributed by atoms with Gasteiger partial charge in [-0.25, -0.2) is 4.39 Å². The second-order valence-corrected chi connectivity index (χ2v) is 6.55. The van der Waals surface area contributed by atoms with E-state index in [1.807, 2.05) is 18.2 Å². The molecule has 2 aliphatic rings. The Bertz CT molecular complexity index is 886. The number of para-hydroxylation sites is 1. The van der Waals surface area contributed by atoms with E-state index in [1.54, 1.807) is 18.2 Å². The first kappa shape index (κ1) is 17.3. The molecule has 0 radical (unpaired) electrons. The van der Waals surface area contributed by atoms with Gasteiger partial charge in [-0.3, -0.25) is 9.59 Å². The highest BCUT2D eigenvalue weighted by molar-refractivity contribution is 6.00. The molecule has 1 N–H and O–H groups in total. The van der Waals surface area contributed by atoms with Crippen molar-refractivity contribution in [1.29, 1.82) is 0 Å². The number of nitrogens with one attached hydrogen (secondary N) is 1. The van der Waals surface area contributed by atoms with Crippen LogP contribution in [0.15, 0.2) is 42.5 Å². The Labute approximate surface area is 155 Å². The number of ether oxygens (including phenoxy) is 2. The minimum Gasteiger partial charge on any atom is -0.486 e. The second kappa shape index (κ2) is 7.26. The lowest BCUT2D eigenvalue weighted by Crippen LogP contribution is -2.32. The summed E-state index contributed by atoms with van der Waals surface area (Å²) in [5.74, 6) is -0.0952. The largest absolute Gasteiger partial charge is 0.486 e. The molecule has 0 aliphatic carbocycles. The Hall–Kier alpha value is -3.09. The summed E-state index contributed by atoms with van der Waals surface area (Å²) >= 11 is 0. The van der Waals surface area contributed by atoms with E-state index in [9.17, 15) is 14.0 Å². The van der Waals surface area contributed by atoms with Crippen LogP contribution in [0.3, 0.4) is 0 Å². The quantitative estimate of drug-likeness (QED) is 0.897. The fraction of sp³-hybridized carbons (Fsp3) is 0.300. The Morgan fingerprint density at radius 3 is 2.74 bits per heavy atom. The van der Waals surface area contributed by atoms with Gasteiger partial charge in [0.05, 0.1) is 11.6 Å². The minimum absolute atomic E-state index is 0.0707. The molecule has 2 heterocycles. The molecule has 0 saturated carbocycles. The van der Waals surface area contributed by atoms with Gasteiger partial charge in [0.25, 0.3) is 0 Å². The fourth-order valence-electron chi connectivity index (χ4n) is 3.32. The number of benzene rings is 2. The maximum Gasteiger partial charge on any atom is 0.227 e. The molecule has 2 aliphatic heterocycles. The monoisotopic (exact) mass is 370 g/mol. The number of rotatable bonds is 4. The Morgan fingerprint density at radius 1 is 1.15 bits per heavy atom. The van der Waals surface area contributed by atoms with Crippen molar-refractivity contribution in [3.8, 4) is 11.5 Å². The highest BCUT2D eigenvalue weighted by Crippen LogP contribution is 2.31. The van der Waals surface area contributed by atoms with E-state index in [0.29, 0.717) is 31.3 Å². The van der Waals surface area contributed by atoms with Crippen molar-refractivity contribution in [3.63, 3.8) is 0 Å². The lowest BCUT2D eigenvalue weighted by molar-refractivity contribution is -0.126. The number of hydrogen-bond acceptors (Lipinski definition) is 4. The Balaban J connectivity index is 1.38. The molecule has 0 bridgehead atoms. The normalized spacial score (nSPS) is 18.5. The molecule has 2 aromatic carbocycles. The van der Waals surface area contributed by atoms with Crippen molar-refractivity contribution >= 4 is 17.5 Å². The van der Waals surface area contributed by atoms with E-state index in [0.717, 1.165) is 5.56 Å². The van der Waals surface area contributed by atoms with Crippen LogP contribution in [0.1, 0.15) is 12.0 Å². The number of nitrogens with zero attached hydrogens (tertiary/aromatic N) is 1. The molecule has 0 aromatic heterocycles. The highest BCUT2D eigenvalue weighted by Gasteiger charge is 2.36. The summed E-state index contributed by atoms with van der Waals surface area (Å²) in [6.07, 6.45) is 0.0707. The average Bonchev–Trinajstić information content (AvgIpc) is 3.08. The van der Waals surface area contributed by atoms with Crippen LogP contribution in [0.25, 0.3) is 0 Å². The molecule has 6 nitrogen and oxygen atoms in total. The molecule has 1 atom stereocenters. The molecule has 7 heteroatoms. The smallest absolute Gasteiger partial charge is 0.227 e. The van der Waals surface area contributed by atoms with Crippen LogP contribution in [-0.2, 0) is 16.1 Å². The SMILES string of the molecule is O=C(NCc1ccc2c(c1)OCCO2)C1CC(=O)N(c2ccccc2F)C1. The Morgan fingerprint density at radius 2 is 1.93 bits per heavy atom. The first-order valence-electron chi connectivity index (χ1n) is 8.83. The summed E-state index contributed by atoms with van der Waals surface area (Å²) < 4.78 is 24.9. The van der Waals surface area contributed by atoms with Crippen molar-refractivity contribution in [3.05, 3.63) is 53.8 Å². The third-order valence-corrected chi connectivity index (χ3v) is 4.71. The Kier molecular flexibility index (Phi) is 4.66. The number of anilines is 1. The van der Waals surface area contributed by atoms with Gasteiger partial charge in [-0.1, -0.05) is 18.2 Å². The summed E-state index contributed by atoms with van der Waals surface area (Å²) in [4.78, 5) is 26.0. The van der Waals surface area contributed by atoms with E-state index in [1.165, 1.54) is 11.0 Å². The number of carbonyl (C=O) groups is 2. The number of hydrogen-bond donors (Lipinski definition) is 1. The lowest BCUT2D eigenvalue weighted by atomic mass is 10.1. The van der Waals surface area contributed by atoms with Gasteiger partial charge in [0.1, 0.15) is 19.0 Å². The van der Waals surface area contributed by atoms with Gasteiger partial charge in [-0.05, 0) is 29.8 Å². The summed E-state index contributed by atoms with van der Waals surface area (Å²) in [5, 5.41) is 2.85. The van der Waals surface area contributed by atoms with Crippen LogP contribution in [0.2, 0.25) is 0 Å². The fourth-order valence-corrected chi connectivity index (χ4v) is 3.32. The van der Waals surface area contributed by atoms with Crippen LogP contribution in [0, 0.1) is 11.7 Å². The molecule has 140 valence electrons. The molecule has 1 fully saturated rings. The topological polar surface area (TPSA) is 67.9 Å². The van der Waals surface area contributed by atoms with E-state index in [2.05, 4.69) is 5.32 Å². The first-order chi connectivity index (χ1) is 13.1. The lowest BCUT2D eigenvalue weighted by Gasteiger charge is -2.19. The second-order valence-electron chi connectivity index (χ2n) is 6.55. The molecule has 1 saturated heterocycles. The van der Waals surface area contributed by atoms with E-state index in [4.69, 9.17) is 9.47 Å². The van der Waals surface area contributed by atoms with Gasteiger partial charge in [-0.15, -0.1) is 0 Å².